The average Bonchev–Trinajstić information content (AvgIpc) is 2.84. The number of Topliss-reactive ketones (excluding diaryl/α,β-unsaturated/α-hetero) is 1. The largest absolute Gasteiger partial charge is 0.390 e. The van der Waals surface area contributed by atoms with Gasteiger partial charge < -0.3 is 20.4 Å². The molecule has 4 aliphatic rings. The fraction of sp³-hybridized carbons (Fsp3) is 0.810. The summed E-state index contributed by atoms with van der Waals surface area (Å²) in [6.07, 6.45) is -0.0824. The Morgan fingerprint density at radius 1 is 1.21 bits per heavy atom. The molecule has 4 aliphatic carbocycles. The maximum absolute atomic E-state index is 16.8. The molecule has 0 aromatic rings. The van der Waals surface area contributed by atoms with E-state index < -0.39 is 58.5 Å². The molecular weight excluding hydrogens is 367 g/mol. The SMILES string of the molecule is C[C@]12CCC(=O)C=C1CC[C@H]1[C@@H]3C[C@H](O)[C@](O)(C(=O)CO)[C@@]3(C)C[C@@H](O)[C@@]12F. The van der Waals surface area contributed by atoms with Crippen LogP contribution in [0.2, 0.25) is 0 Å². The van der Waals surface area contributed by atoms with Gasteiger partial charge in [0.1, 0.15) is 12.3 Å². The zero-order chi connectivity index (χ0) is 20.7. The second kappa shape index (κ2) is 5.94. The lowest BCUT2D eigenvalue weighted by Gasteiger charge is -2.63. The molecule has 7 heteroatoms. The van der Waals surface area contributed by atoms with E-state index >= 15 is 4.39 Å². The molecule has 0 saturated heterocycles. The van der Waals surface area contributed by atoms with Crippen LogP contribution in [0.3, 0.4) is 0 Å². The summed E-state index contributed by atoms with van der Waals surface area (Å²) >= 11 is 0. The highest BCUT2D eigenvalue weighted by Gasteiger charge is 2.76. The van der Waals surface area contributed by atoms with Crippen molar-refractivity contribution < 1.29 is 34.4 Å². The zero-order valence-electron chi connectivity index (χ0n) is 16.3. The number of hydrogen-bond donors (Lipinski definition) is 4. The van der Waals surface area contributed by atoms with Crippen molar-refractivity contribution in [2.24, 2.45) is 22.7 Å². The van der Waals surface area contributed by atoms with Crippen LogP contribution < -0.4 is 0 Å². The van der Waals surface area contributed by atoms with Gasteiger partial charge in [0.2, 0.25) is 0 Å². The molecule has 4 N–H and O–H groups in total. The summed E-state index contributed by atoms with van der Waals surface area (Å²) in [6.45, 7) is 2.45. The summed E-state index contributed by atoms with van der Waals surface area (Å²) in [7, 11) is 0. The van der Waals surface area contributed by atoms with Crippen molar-refractivity contribution in [2.45, 2.75) is 75.9 Å². The maximum atomic E-state index is 16.8. The molecule has 0 bridgehead atoms. The van der Waals surface area contributed by atoms with Crippen LogP contribution in [0.25, 0.3) is 0 Å². The predicted molar refractivity (Wildman–Crippen MR) is 96.9 cm³/mol. The fourth-order valence-electron chi connectivity index (χ4n) is 7.21. The molecule has 0 heterocycles. The van der Waals surface area contributed by atoms with Crippen molar-refractivity contribution in [1.82, 2.24) is 0 Å². The third-order valence-electron chi connectivity index (χ3n) is 8.83. The van der Waals surface area contributed by atoms with E-state index in [1.165, 1.54) is 6.08 Å². The van der Waals surface area contributed by atoms with E-state index in [-0.39, 0.29) is 25.0 Å². The van der Waals surface area contributed by atoms with E-state index in [1.807, 2.05) is 0 Å². The number of alkyl halides is 1. The average molecular weight is 396 g/mol. The molecule has 0 aromatic heterocycles. The first-order valence-corrected chi connectivity index (χ1v) is 10.1. The van der Waals surface area contributed by atoms with Crippen molar-refractivity contribution in [3.8, 4) is 0 Å². The second-order valence-corrected chi connectivity index (χ2v) is 9.72. The third kappa shape index (κ3) is 2.06. The minimum Gasteiger partial charge on any atom is -0.390 e. The van der Waals surface area contributed by atoms with Crippen molar-refractivity contribution >= 4 is 11.6 Å². The highest BCUT2D eigenvalue weighted by molar-refractivity contribution is 5.92. The number of fused-ring (bicyclic) bond motifs is 5. The Kier molecular flexibility index (Phi) is 4.27. The summed E-state index contributed by atoms with van der Waals surface area (Å²) in [5, 5.41) is 42.2. The standard InChI is InChI=1S/C21H29FO6/c1-18-6-5-12(24)7-11(18)3-4-13-14-8-15(25)21(28,17(27)10-23)19(14,2)9-16(26)20(13,18)22/h7,13-16,23,25-26,28H,3-6,8-10H2,1-2H3/t13-,14-,15-,16+,18-,19-,20-,21-/m0/s1. The van der Waals surface area contributed by atoms with Gasteiger partial charge in [-0.3, -0.25) is 9.59 Å². The molecule has 4 rings (SSSR count). The Morgan fingerprint density at radius 2 is 1.89 bits per heavy atom. The van der Waals surface area contributed by atoms with Gasteiger partial charge in [0.15, 0.2) is 17.2 Å². The van der Waals surface area contributed by atoms with Crippen LogP contribution in [0, 0.1) is 22.7 Å². The van der Waals surface area contributed by atoms with Gasteiger partial charge in [-0.05, 0) is 44.1 Å². The van der Waals surface area contributed by atoms with Gasteiger partial charge in [0.05, 0.1) is 12.2 Å². The summed E-state index contributed by atoms with van der Waals surface area (Å²) in [4.78, 5) is 24.3. The molecular formula is C21H29FO6. The number of carbonyl (C=O) groups is 2. The van der Waals surface area contributed by atoms with E-state index in [4.69, 9.17) is 0 Å². The first-order chi connectivity index (χ1) is 13.0. The predicted octanol–water partition coefficient (Wildman–Crippen LogP) is 0.844. The normalized spacial score (nSPS) is 53.1. The van der Waals surface area contributed by atoms with Crippen molar-refractivity contribution in [3.05, 3.63) is 11.6 Å². The Morgan fingerprint density at radius 3 is 2.54 bits per heavy atom. The molecule has 0 radical (unpaired) electrons. The second-order valence-electron chi connectivity index (χ2n) is 9.72. The van der Waals surface area contributed by atoms with E-state index in [9.17, 15) is 30.0 Å². The monoisotopic (exact) mass is 396 g/mol. The van der Waals surface area contributed by atoms with Crippen LogP contribution in [-0.2, 0) is 9.59 Å². The lowest BCUT2D eigenvalue weighted by molar-refractivity contribution is -0.230. The Balaban J connectivity index is 1.83. The summed E-state index contributed by atoms with van der Waals surface area (Å²) in [5.41, 5.74) is -5.72. The van der Waals surface area contributed by atoms with Crippen molar-refractivity contribution in [3.63, 3.8) is 0 Å². The molecule has 3 saturated carbocycles. The van der Waals surface area contributed by atoms with Crippen molar-refractivity contribution in [2.75, 3.05) is 6.61 Å². The number of allylic oxidation sites excluding steroid dienone is 1. The number of ketones is 2. The fourth-order valence-corrected chi connectivity index (χ4v) is 7.21. The van der Waals surface area contributed by atoms with Crippen LogP contribution in [0.5, 0.6) is 0 Å². The van der Waals surface area contributed by atoms with Crippen LogP contribution in [0.1, 0.15) is 52.4 Å². The lowest BCUT2D eigenvalue weighted by atomic mass is 9.44. The Hall–Kier alpha value is -1.15. The number of aliphatic hydroxyl groups is 4. The van der Waals surface area contributed by atoms with Gasteiger partial charge in [-0.2, -0.15) is 0 Å². The number of halogens is 1. The molecule has 0 unspecified atom stereocenters. The molecule has 0 spiro atoms. The number of aliphatic hydroxyl groups excluding tert-OH is 3. The van der Waals surface area contributed by atoms with E-state index in [0.717, 1.165) is 5.57 Å². The highest BCUT2D eigenvalue weighted by atomic mass is 19.1. The van der Waals surface area contributed by atoms with Crippen LogP contribution in [-0.4, -0.2) is 62.1 Å². The van der Waals surface area contributed by atoms with Crippen LogP contribution in [0.4, 0.5) is 4.39 Å². The molecule has 156 valence electrons. The minimum atomic E-state index is -2.21. The van der Waals surface area contributed by atoms with Gasteiger partial charge >= 0.3 is 0 Å². The van der Waals surface area contributed by atoms with Gasteiger partial charge in [0.25, 0.3) is 0 Å². The molecule has 0 aromatic carbocycles. The third-order valence-corrected chi connectivity index (χ3v) is 8.83. The van der Waals surface area contributed by atoms with Crippen LogP contribution >= 0.6 is 0 Å². The molecule has 0 aliphatic heterocycles. The first-order valence-electron chi connectivity index (χ1n) is 10.1. The summed E-state index contributed by atoms with van der Waals surface area (Å²) < 4.78 is 16.8. The quantitative estimate of drug-likeness (QED) is 0.550. The highest BCUT2D eigenvalue weighted by Crippen LogP contribution is 2.70. The van der Waals surface area contributed by atoms with Gasteiger partial charge in [-0.25, -0.2) is 4.39 Å². The Labute approximate surface area is 163 Å². The smallest absolute Gasteiger partial charge is 0.192 e. The molecule has 3 fully saturated rings. The zero-order valence-corrected chi connectivity index (χ0v) is 16.3. The topological polar surface area (TPSA) is 115 Å². The van der Waals surface area contributed by atoms with E-state index in [0.29, 0.717) is 19.3 Å². The summed E-state index contributed by atoms with van der Waals surface area (Å²) in [5.74, 6) is -2.10. The van der Waals surface area contributed by atoms with Crippen molar-refractivity contribution in [1.29, 1.82) is 0 Å². The van der Waals surface area contributed by atoms with Gasteiger partial charge in [-0.15, -0.1) is 0 Å². The number of hydrogen-bond acceptors (Lipinski definition) is 6. The van der Waals surface area contributed by atoms with Crippen LogP contribution in [0.15, 0.2) is 11.6 Å². The minimum absolute atomic E-state index is 0.0242. The Bertz CT molecular complexity index is 766. The lowest BCUT2D eigenvalue weighted by Crippen LogP contribution is -2.70. The molecule has 8 atom stereocenters. The first kappa shape index (κ1) is 20.1. The molecule has 0 amide bonds. The number of carbonyl (C=O) groups excluding carboxylic acids is 2. The molecule has 28 heavy (non-hydrogen) atoms. The van der Waals surface area contributed by atoms with E-state index in [1.54, 1.807) is 13.8 Å². The van der Waals surface area contributed by atoms with Gasteiger partial charge in [0, 0.05) is 23.2 Å². The van der Waals surface area contributed by atoms with E-state index in [2.05, 4.69) is 0 Å². The summed E-state index contributed by atoms with van der Waals surface area (Å²) in [6, 6.07) is 0. The van der Waals surface area contributed by atoms with Gasteiger partial charge in [-0.1, -0.05) is 19.4 Å². The number of rotatable bonds is 2. The molecule has 6 nitrogen and oxygen atoms in total. The maximum Gasteiger partial charge on any atom is 0.192 e.